The van der Waals surface area contributed by atoms with Crippen molar-refractivity contribution >= 4 is 23.8 Å². The zero-order chi connectivity index (χ0) is 26.3. The molecule has 1 atom stereocenters. The molecule has 0 spiro atoms. The number of hydrogen-bond acceptors (Lipinski definition) is 5. The van der Waals surface area contributed by atoms with E-state index >= 15 is 0 Å². The van der Waals surface area contributed by atoms with Crippen molar-refractivity contribution in [1.82, 2.24) is 5.32 Å². The highest BCUT2D eigenvalue weighted by Crippen LogP contribution is 2.14. The third kappa shape index (κ3) is 15.6. The molecular weight excluding hydrogens is 450 g/mol. The summed E-state index contributed by atoms with van der Waals surface area (Å²) in [5, 5.41) is 20.1. The fraction of sp³-hybridized carbons (Fsp3) is 0.630. The Morgan fingerprint density at radius 3 is 1.89 bits per heavy atom. The van der Waals surface area contributed by atoms with Crippen LogP contribution in [0.1, 0.15) is 96.1 Å². The Balaban J connectivity index is 2.13. The number of carboxylic acid groups (broad SMARTS) is 2. The maximum Gasteiger partial charge on any atom is 0.326 e. The van der Waals surface area contributed by atoms with Crippen LogP contribution in [-0.2, 0) is 36.8 Å². The second-order valence-corrected chi connectivity index (χ2v) is 9.92. The largest absolute Gasteiger partial charge is 0.481 e. The van der Waals surface area contributed by atoms with E-state index in [0.29, 0.717) is 19.3 Å². The van der Waals surface area contributed by atoms with E-state index in [1.165, 1.54) is 5.56 Å². The lowest BCUT2D eigenvalue weighted by molar-refractivity contribution is -0.154. The van der Waals surface area contributed by atoms with Gasteiger partial charge in [-0.3, -0.25) is 14.4 Å². The van der Waals surface area contributed by atoms with Crippen LogP contribution in [0, 0.1) is 0 Å². The van der Waals surface area contributed by atoms with E-state index in [4.69, 9.17) is 14.9 Å². The number of esters is 1. The average Bonchev–Trinajstić information content (AvgIpc) is 2.76. The van der Waals surface area contributed by atoms with E-state index < -0.39 is 23.6 Å². The lowest BCUT2D eigenvalue weighted by atomic mass is 10.0. The van der Waals surface area contributed by atoms with Crippen LogP contribution >= 0.6 is 0 Å². The minimum Gasteiger partial charge on any atom is -0.481 e. The zero-order valence-electron chi connectivity index (χ0n) is 21.3. The normalized spacial score (nSPS) is 12.1. The SMILES string of the molecule is CC(C)(C)OC(=O)CCc1ccc(CCCCCCCCC(=O)N[C@@H](CCC(=O)O)C(=O)O)cc1. The van der Waals surface area contributed by atoms with Gasteiger partial charge in [0.1, 0.15) is 11.6 Å². The molecule has 0 aromatic heterocycles. The van der Waals surface area contributed by atoms with Gasteiger partial charge in [-0.1, -0.05) is 49.9 Å². The van der Waals surface area contributed by atoms with E-state index in [1.807, 2.05) is 20.8 Å². The van der Waals surface area contributed by atoms with Crippen molar-refractivity contribution in [2.45, 2.75) is 109 Å². The Bertz CT molecular complexity index is 812. The lowest BCUT2D eigenvalue weighted by Crippen LogP contribution is -2.41. The van der Waals surface area contributed by atoms with Gasteiger partial charge in [0.25, 0.3) is 0 Å². The zero-order valence-corrected chi connectivity index (χ0v) is 21.3. The van der Waals surface area contributed by atoms with Crippen LogP contribution in [-0.4, -0.2) is 45.7 Å². The molecule has 0 unspecified atom stereocenters. The van der Waals surface area contributed by atoms with Gasteiger partial charge in [-0.15, -0.1) is 0 Å². The summed E-state index contributed by atoms with van der Waals surface area (Å²) in [6, 6.07) is 7.22. The first-order valence-electron chi connectivity index (χ1n) is 12.5. The predicted octanol–water partition coefficient (Wildman–Crippen LogP) is 4.67. The van der Waals surface area contributed by atoms with Crippen molar-refractivity contribution in [2.24, 2.45) is 0 Å². The summed E-state index contributed by atoms with van der Waals surface area (Å²) >= 11 is 0. The van der Waals surface area contributed by atoms with E-state index in [-0.39, 0.29) is 31.1 Å². The Morgan fingerprint density at radius 1 is 0.800 bits per heavy atom. The Kier molecular flexibility index (Phi) is 13.7. The maximum atomic E-state index is 11.9. The van der Waals surface area contributed by atoms with Crippen molar-refractivity contribution in [3.05, 3.63) is 35.4 Å². The minimum atomic E-state index is -1.21. The summed E-state index contributed by atoms with van der Waals surface area (Å²) in [6.45, 7) is 5.60. The van der Waals surface area contributed by atoms with Crippen LogP contribution in [0.4, 0.5) is 0 Å². The molecule has 0 radical (unpaired) electrons. The molecule has 0 aliphatic carbocycles. The number of hydrogen-bond donors (Lipinski definition) is 3. The summed E-state index contributed by atoms with van der Waals surface area (Å²) in [5.41, 5.74) is 1.95. The second kappa shape index (κ2) is 15.9. The molecule has 1 aromatic carbocycles. The standard InChI is InChI=1S/C27H41NO7/c1-27(2,3)35-25(32)19-16-21-14-12-20(13-15-21)10-8-6-4-5-7-9-11-23(29)28-22(26(33)34)17-18-24(30)31/h12-15,22H,4-11,16-19H2,1-3H3,(H,28,29)(H,30,31)(H,33,34)/t22-/m0/s1. The summed E-state index contributed by atoms with van der Waals surface area (Å²) in [5.74, 6) is -2.83. The molecule has 1 aromatic rings. The summed E-state index contributed by atoms with van der Waals surface area (Å²) in [7, 11) is 0. The van der Waals surface area contributed by atoms with Gasteiger partial charge in [-0.25, -0.2) is 4.79 Å². The first kappa shape index (κ1) is 30.1. The van der Waals surface area contributed by atoms with Gasteiger partial charge in [-0.05, 0) is 64.0 Å². The Labute approximate surface area is 208 Å². The first-order chi connectivity index (χ1) is 16.5. The number of nitrogens with one attached hydrogen (secondary N) is 1. The molecule has 1 amide bonds. The molecule has 0 aliphatic heterocycles. The van der Waals surface area contributed by atoms with Crippen LogP contribution < -0.4 is 5.32 Å². The quantitative estimate of drug-likeness (QED) is 0.213. The number of rotatable bonds is 17. The van der Waals surface area contributed by atoms with Gasteiger partial charge in [0.05, 0.1) is 0 Å². The number of amides is 1. The monoisotopic (exact) mass is 491 g/mol. The molecule has 0 saturated carbocycles. The third-order valence-electron chi connectivity index (χ3n) is 5.46. The van der Waals surface area contributed by atoms with Gasteiger partial charge in [0, 0.05) is 19.3 Å². The van der Waals surface area contributed by atoms with Crippen LogP contribution in [0.2, 0.25) is 0 Å². The molecule has 0 aliphatic rings. The summed E-state index contributed by atoms with van der Waals surface area (Å²) in [4.78, 5) is 45.4. The van der Waals surface area contributed by atoms with Crippen LogP contribution in [0.15, 0.2) is 24.3 Å². The maximum absolute atomic E-state index is 11.9. The second-order valence-electron chi connectivity index (χ2n) is 9.92. The number of carboxylic acids is 2. The lowest BCUT2D eigenvalue weighted by Gasteiger charge is -2.19. The number of benzene rings is 1. The number of carbonyl (C=O) groups is 4. The Morgan fingerprint density at radius 2 is 1.34 bits per heavy atom. The van der Waals surface area contributed by atoms with Crippen LogP contribution in [0.3, 0.4) is 0 Å². The molecule has 35 heavy (non-hydrogen) atoms. The molecule has 0 fully saturated rings. The van der Waals surface area contributed by atoms with Gasteiger partial charge in [-0.2, -0.15) is 0 Å². The van der Waals surface area contributed by atoms with Crippen molar-refractivity contribution in [2.75, 3.05) is 0 Å². The smallest absolute Gasteiger partial charge is 0.326 e. The van der Waals surface area contributed by atoms with Gasteiger partial charge < -0.3 is 20.3 Å². The molecular formula is C27H41NO7. The van der Waals surface area contributed by atoms with E-state index in [0.717, 1.165) is 44.1 Å². The fourth-order valence-corrected chi connectivity index (χ4v) is 3.63. The van der Waals surface area contributed by atoms with Gasteiger partial charge in [0.15, 0.2) is 0 Å². The summed E-state index contributed by atoms with van der Waals surface area (Å²) < 4.78 is 5.34. The van der Waals surface area contributed by atoms with Crippen molar-refractivity contribution in [3.63, 3.8) is 0 Å². The Hall–Kier alpha value is -2.90. The van der Waals surface area contributed by atoms with Crippen molar-refractivity contribution < 1.29 is 34.1 Å². The summed E-state index contributed by atoms with van der Waals surface area (Å²) in [6.07, 6.45) is 7.73. The number of ether oxygens (including phenoxy) is 1. The number of aliphatic carboxylic acids is 2. The van der Waals surface area contributed by atoms with Crippen molar-refractivity contribution in [3.8, 4) is 0 Å². The molecule has 3 N–H and O–H groups in total. The minimum absolute atomic E-state index is 0.120. The molecule has 8 heteroatoms. The van der Waals surface area contributed by atoms with E-state index in [2.05, 4.69) is 29.6 Å². The first-order valence-corrected chi connectivity index (χ1v) is 12.5. The molecule has 8 nitrogen and oxygen atoms in total. The van der Waals surface area contributed by atoms with Crippen molar-refractivity contribution in [1.29, 1.82) is 0 Å². The molecule has 0 bridgehead atoms. The van der Waals surface area contributed by atoms with Gasteiger partial charge >= 0.3 is 17.9 Å². The molecule has 0 saturated heterocycles. The highest BCUT2D eigenvalue weighted by Gasteiger charge is 2.20. The number of aryl methyl sites for hydroxylation is 2. The molecule has 0 heterocycles. The molecule has 1 rings (SSSR count). The van der Waals surface area contributed by atoms with Crippen LogP contribution in [0.25, 0.3) is 0 Å². The average molecular weight is 492 g/mol. The molecule has 196 valence electrons. The third-order valence-corrected chi connectivity index (χ3v) is 5.46. The van der Waals surface area contributed by atoms with E-state index in [9.17, 15) is 19.2 Å². The fourth-order valence-electron chi connectivity index (χ4n) is 3.63. The van der Waals surface area contributed by atoms with Gasteiger partial charge in [0.2, 0.25) is 5.91 Å². The van der Waals surface area contributed by atoms with Crippen LogP contribution in [0.5, 0.6) is 0 Å². The predicted molar refractivity (Wildman–Crippen MR) is 133 cm³/mol. The topological polar surface area (TPSA) is 130 Å². The number of unbranched alkanes of at least 4 members (excludes halogenated alkanes) is 5. The number of carbonyl (C=O) groups excluding carboxylic acids is 2. The highest BCUT2D eigenvalue weighted by atomic mass is 16.6. The highest BCUT2D eigenvalue weighted by molar-refractivity contribution is 5.83. The van der Waals surface area contributed by atoms with E-state index in [1.54, 1.807) is 0 Å².